The molecule has 2 atom stereocenters. The fraction of sp³-hybridized carbons (Fsp3) is 0.500. The predicted molar refractivity (Wildman–Crippen MR) is 78.0 cm³/mol. The van der Waals surface area contributed by atoms with Crippen molar-refractivity contribution in [3.8, 4) is 0 Å². The molecule has 3 nitrogen and oxygen atoms in total. The van der Waals surface area contributed by atoms with E-state index in [9.17, 15) is 4.79 Å². The highest BCUT2D eigenvalue weighted by Crippen LogP contribution is 2.23. The molecule has 0 aromatic heterocycles. The molecule has 0 fully saturated rings. The first-order chi connectivity index (χ1) is 8.52. The topological polar surface area (TPSA) is 41.1 Å². The van der Waals surface area contributed by atoms with E-state index in [0.717, 1.165) is 4.90 Å². The van der Waals surface area contributed by atoms with Gasteiger partial charge in [0.1, 0.15) is 0 Å². The van der Waals surface area contributed by atoms with Gasteiger partial charge in [0.25, 0.3) is 0 Å². The van der Waals surface area contributed by atoms with E-state index in [-0.39, 0.29) is 11.2 Å². The third-order valence-electron chi connectivity index (χ3n) is 2.78. The lowest BCUT2D eigenvalue weighted by molar-refractivity contribution is -0.120. The summed E-state index contributed by atoms with van der Waals surface area (Å²) in [5.41, 5.74) is 1.24. The molecule has 4 heteroatoms. The van der Waals surface area contributed by atoms with Crippen LogP contribution in [0.2, 0.25) is 0 Å². The quantitative estimate of drug-likeness (QED) is 0.776. The Bertz CT molecular complexity index is 378. The number of hydrogen-bond acceptors (Lipinski definition) is 3. The Morgan fingerprint density at radius 2 is 1.89 bits per heavy atom. The number of hydrogen-bond donors (Lipinski definition) is 2. The summed E-state index contributed by atoms with van der Waals surface area (Å²) in [5, 5.41) is 5.96. The Balaban J connectivity index is 2.42. The Morgan fingerprint density at radius 1 is 1.28 bits per heavy atom. The maximum absolute atomic E-state index is 11.9. The first-order valence-electron chi connectivity index (χ1n) is 6.21. The summed E-state index contributed by atoms with van der Waals surface area (Å²) in [5.74, 6) is 0.0858. The molecule has 0 radical (unpaired) electrons. The van der Waals surface area contributed by atoms with E-state index in [1.54, 1.807) is 11.8 Å². The van der Waals surface area contributed by atoms with Crippen LogP contribution in [0.15, 0.2) is 29.2 Å². The molecule has 0 aliphatic rings. The third kappa shape index (κ3) is 5.10. The van der Waals surface area contributed by atoms with Gasteiger partial charge in [-0.15, -0.1) is 11.8 Å². The maximum Gasteiger partial charge on any atom is 0.233 e. The summed E-state index contributed by atoms with van der Waals surface area (Å²) in [6.45, 7) is 6.69. The lowest BCUT2D eigenvalue weighted by Crippen LogP contribution is -2.40. The molecule has 0 bridgehead atoms. The Kier molecular flexibility index (Phi) is 6.22. The number of carbonyl (C=O) groups excluding carboxylic acids is 1. The number of rotatable bonds is 6. The van der Waals surface area contributed by atoms with E-state index in [2.05, 4.69) is 41.8 Å². The molecule has 0 heterocycles. The van der Waals surface area contributed by atoms with E-state index in [0.29, 0.717) is 12.6 Å². The summed E-state index contributed by atoms with van der Waals surface area (Å²) in [4.78, 5) is 13.0. The van der Waals surface area contributed by atoms with Gasteiger partial charge in [-0.25, -0.2) is 0 Å². The van der Waals surface area contributed by atoms with Gasteiger partial charge < -0.3 is 10.6 Å². The van der Waals surface area contributed by atoms with E-state index < -0.39 is 0 Å². The van der Waals surface area contributed by atoms with E-state index in [1.807, 2.05) is 20.9 Å². The van der Waals surface area contributed by atoms with Crippen LogP contribution in [0.5, 0.6) is 0 Å². The summed E-state index contributed by atoms with van der Waals surface area (Å²) in [7, 11) is 1.89. The summed E-state index contributed by atoms with van der Waals surface area (Å²) < 4.78 is 0. The zero-order valence-electron chi connectivity index (χ0n) is 11.5. The fourth-order valence-corrected chi connectivity index (χ4v) is 2.27. The lowest BCUT2D eigenvalue weighted by Gasteiger charge is -2.15. The van der Waals surface area contributed by atoms with Crippen molar-refractivity contribution < 1.29 is 4.79 Å². The van der Waals surface area contributed by atoms with Gasteiger partial charge in [-0.2, -0.15) is 0 Å². The van der Waals surface area contributed by atoms with Crippen molar-refractivity contribution in [2.45, 2.75) is 37.0 Å². The van der Waals surface area contributed by atoms with E-state index in [4.69, 9.17) is 0 Å². The first kappa shape index (κ1) is 15.1. The first-order valence-corrected chi connectivity index (χ1v) is 7.09. The lowest BCUT2D eigenvalue weighted by atomic mass is 10.2. The number of nitrogens with one attached hydrogen (secondary N) is 2. The molecule has 1 aromatic rings. The van der Waals surface area contributed by atoms with Crippen LogP contribution in [0.1, 0.15) is 19.4 Å². The van der Waals surface area contributed by atoms with Gasteiger partial charge in [-0.05, 0) is 40.0 Å². The van der Waals surface area contributed by atoms with Gasteiger partial charge >= 0.3 is 0 Å². The molecule has 1 aromatic carbocycles. The van der Waals surface area contributed by atoms with Crippen molar-refractivity contribution in [3.63, 3.8) is 0 Å². The van der Waals surface area contributed by atoms with Crippen molar-refractivity contribution in [1.29, 1.82) is 0 Å². The largest absolute Gasteiger partial charge is 0.354 e. The summed E-state index contributed by atoms with van der Waals surface area (Å²) in [6.07, 6.45) is 0. The van der Waals surface area contributed by atoms with Gasteiger partial charge in [0.2, 0.25) is 5.91 Å². The average molecular weight is 266 g/mol. The number of likely N-dealkylation sites (N-methyl/N-ethyl adjacent to an activating group) is 1. The van der Waals surface area contributed by atoms with Gasteiger partial charge in [0.05, 0.1) is 5.25 Å². The molecule has 18 heavy (non-hydrogen) atoms. The van der Waals surface area contributed by atoms with Crippen molar-refractivity contribution in [1.82, 2.24) is 10.6 Å². The molecule has 2 unspecified atom stereocenters. The molecule has 1 amide bonds. The summed E-state index contributed by atoms with van der Waals surface area (Å²) in [6, 6.07) is 8.54. The average Bonchev–Trinajstić information content (AvgIpc) is 2.38. The van der Waals surface area contributed by atoms with Crippen LogP contribution in [-0.2, 0) is 4.79 Å². The minimum atomic E-state index is -0.0724. The third-order valence-corrected chi connectivity index (χ3v) is 3.89. The normalized spacial score (nSPS) is 14.0. The number of amides is 1. The number of thioether (sulfide) groups is 1. The van der Waals surface area contributed by atoms with Crippen LogP contribution in [-0.4, -0.2) is 30.8 Å². The van der Waals surface area contributed by atoms with Gasteiger partial charge in [-0.1, -0.05) is 17.7 Å². The second-order valence-corrected chi connectivity index (χ2v) is 5.92. The van der Waals surface area contributed by atoms with E-state index >= 15 is 0 Å². The second-order valence-electron chi connectivity index (χ2n) is 4.51. The monoisotopic (exact) mass is 266 g/mol. The molecule has 0 spiro atoms. The van der Waals surface area contributed by atoms with Crippen LogP contribution in [0.4, 0.5) is 0 Å². The molecule has 0 saturated carbocycles. The van der Waals surface area contributed by atoms with Crippen molar-refractivity contribution in [3.05, 3.63) is 29.8 Å². The van der Waals surface area contributed by atoms with Crippen molar-refractivity contribution in [2.24, 2.45) is 0 Å². The van der Waals surface area contributed by atoms with Crippen LogP contribution in [0.3, 0.4) is 0 Å². The smallest absolute Gasteiger partial charge is 0.233 e. The number of benzene rings is 1. The van der Waals surface area contributed by atoms with E-state index in [1.165, 1.54) is 5.56 Å². The van der Waals surface area contributed by atoms with Crippen LogP contribution in [0.25, 0.3) is 0 Å². The van der Waals surface area contributed by atoms with Gasteiger partial charge in [-0.3, -0.25) is 4.79 Å². The predicted octanol–water partition coefficient (Wildman–Crippen LogP) is 2.20. The number of aryl methyl sites for hydroxylation is 1. The highest BCUT2D eigenvalue weighted by Gasteiger charge is 2.14. The van der Waals surface area contributed by atoms with Crippen LogP contribution >= 0.6 is 11.8 Å². The Morgan fingerprint density at radius 3 is 2.44 bits per heavy atom. The highest BCUT2D eigenvalue weighted by molar-refractivity contribution is 8.00. The zero-order valence-corrected chi connectivity index (χ0v) is 12.3. The number of carbonyl (C=O) groups is 1. The molecule has 100 valence electrons. The highest BCUT2D eigenvalue weighted by atomic mass is 32.2. The molecule has 1 rings (SSSR count). The molecule has 0 aliphatic carbocycles. The zero-order chi connectivity index (χ0) is 13.5. The summed E-state index contributed by atoms with van der Waals surface area (Å²) >= 11 is 1.59. The Hall–Kier alpha value is -1.00. The second kappa shape index (κ2) is 7.44. The van der Waals surface area contributed by atoms with Gasteiger partial charge in [0.15, 0.2) is 0 Å². The Labute approximate surface area is 114 Å². The maximum atomic E-state index is 11.9. The minimum absolute atomic E-state index is 0.0724. The van der Waals surface area contributed by atoms with Crippen LogP contribution in [0, 0.1) is 6.92 Å². The molecule has 0 aliphatic heterocycles. The van der Waals surface area contributed by atoms with Crippen molar-refractivity contribution >= 4 is 17.7 Å². The molecule has 2 N–H and O–H groups in total. The van der Waals surface area contributed by atoms with Crippen LogP contribution < -0.4 is 10.6 Å². The minimum Gasteiger partial charge on any atom is -0.354 e. The fourth-order valence-electron chi connectivity index (χ4n) is 1.37. The van der Waals surface area contributed by atoms with Crippen molar-refractivity contribution in [2.75, 3.05) is 13.6 Å². The molecular formula is C14H22N2OS. The molecular weight excluding hydrogens is 244 g/mol. The van der Waals surface area contributed by atoms with Gasteiger partial charge in [0, 0.05) is 17.5 Å². The SMILES string of the molecule is CNC(C)CNC(=O)C(C)Sc1ccc(C)cc1. The standard InChI is InChI=1S/C14H22N2OS/c1-10-5-7-13(8-6-10)18-12(3)14(17)16-9-11(2)15-4/h5-8,11-12,15H,9H2,1-4H3,(H,16,17). The molecule has 0 saturated heterocycles.